The van der Waals surface area contributed by atoms with E-state index in [2.05, 4.69) is 9.82 Å². The van der Waals surface area contributed by atoms with Crippen LogP contribution in [0.5, 0.6) is 5.75 Å². The number of ether oxygens (including phenoxy) is 1. The number of aromatic nitrogens is 2. The van der Waals surface area contributed by atoms with Crippen molar-refractivity contribution < 1.29 is 13.2 Å². The van der Waals surface area contributed by atoms with Crippen molar-refractivity contribution in [2.75, 3.05) is 11.8 Å². The number of hydrogen-bond acceptors (Lipinski definition) is 5. The van der Waals surface area contributed by atoms with Gasteiger partial charge in [0.15, 0.2) is 0 Å². The van der Waals surface area contributed by atoms with Gasteiger partial charge in [-0.3, -0.25) is 9.40 Å². The first-order valence-electron chi connectivity index (χ1n) is 7.70. The van der Waals surface area contributed by atoms with E-state index in [9.17, 15) is 8.42 Å². The van der Waals surface area contributed by atoms with Gasteiger partial charge in [-0.15, -0.1) is 11.3 Å². The monoisotopic (exact) mass is 377 g/mol. The maximum Gasteiger partial charge on any atom is 0.271 e. The first-order valence-corrected chi connectivity index (χ1v) is 10.1. The van der Waals surface area contributed by atoms with E-state index in [1.54, 1.807) is 36.5 Å². The molecule has 0 fully saturated rings. The van der Waals surface area contributed by atoms with Crippen molar-refractivity contribution in [3.05, 3.63) is 48.0 Å². The second-order valence-electron chi connectivity index (χ2n) is 5.71. The number of nitrogens with one attached hydrogen (secondary N) is 1. The molecule has 2 aromatic heterocycles. The SMILES string of the molecule is COc1ccccc1NS(=O)(=O)c1cc(-c2ccnn2C(C)C)cs1. The number of para-hydroxylation sites is 2. The smallest absolute Gasteiger partial charge is 0.271 e. The van der Waals surface area contributed by atoms with Crippen molar-refractivity contribution in [2.45, 2.75) is 24.1 Å². The fourth-order valence-corrected chi connectivity index (χ4v) is 4.71. The van der Waals surface area contributed by atoms with Gasteiger partial charge in [0.2, 0.25) is 0 Å². The first-order chi connectivity index (χ1) is 11.9. The van der Waals surface area contributed by atoms with Gasteiger partial charge in [0.05, 0.1) is 18.5 Å². The van der Waals surface area contributed by atoms with Gasteiger partial charge in [-0.05, 0) is 38.1 Å². The first kappa shape index (κ1) is 17.5. The van der Waals surface area contributed by atoms with Crippen LogP contribution in [-0.2, 0) is 10.0 Å². The number of thiophene rings is 1. The Kier molecular flexibility index (Phi) is 4.82. The molecule has 0 spiro atoms. The molecule has 1 N–H and O–H groups in total. The summed E-state index contributed by atoms with van der Waals surface area (Å²) in [5, 5.41) is 6.12. The van der Waals surface area contributed by atoms with Crippen LogP contribution in [0.25, 0.3) is 11.3 Å². The van der Waals surface area contributed by atoms with Crippen LogP contribution in [-0.4, -0.2) is 25.3 Å². The van der Waals surface area contributed by atoms with Gasteiger partial charge in [0.25, 0.3) is 10.0 Å². The van der Waals surface area contributed by atoms with Crippen molar-refractivity contribution in [3.63, 3.8) is 0 Å². The largest absolute Gasteiger partial charge is 0.495 e. The quantitative estimate of drug-likeness (QED) is 0.705. The molecular formula is C17H19N3O3S2. The van der Waals surface area contributed by atoms with Gasteiger partial charge in [0, 0.05) is 23.2 Å². The molecule has 6 nitrogen and oxygen atoms in total. The minimum absolute atomic E-state index is 0.191. The summed E-state index contributed by atoms with van der Waals surface area (Å²) in [6.45, 7) is 4.06. The molecule has 1 aromatic carbocycles. The number of rotatable bonds is 6. The van der Waals surface area contributed by atoms with E-state index in [1.165, 1.54) is 18.4 Å². The molecule has 2 heterocycles. The van der Waals surface area contributed by atoms with E-state index in [1.807, 2.05) is 30.0 Å². The fraction of sp³-hybridized carbons (Fsp3) is 0.235. The number of hydrogen-bond donors (Lipinski definition) is 1. The summed E-state index contributed by atoms with van der Waals surface area (Å²) >= 11 is 1.18. The summed E-state index contributed by atoms with van der Waals surface area (Å²) in [5.41, 5.74) is 2.13. The van der Waals surface area contributed by atoms with Crippen LogP contribution in [0.1, 0.15) is 19.9 Å². The lowest BCUT2D eigenvalue weighted by molar-refractivity contribution is 0.417. The summed E-state index contributed by atoms with van der Waals surface area (Å²) in [6.07, 6.45) is 1.72. The van der Waals surface area contributed by atoms with Crippen LogP contribution in [0.3, 0.4) is 0 Å². The van der Waals surface area contributed by atoms with Crippen LogP contribution in [0, 0.1) is 0 Å². The van der Waals surface area contributed by atoms with Gasteiger partial charge in [-0.2, -0.15) is 5.10 Å². The van der Waals surface area contributed by atoms with E-state index in [0.29, 0.717) is 11.4 Å². The zero-order valence-corrected chi connectivity index (χ0v) is 15.8. The third kappa shape index (κ3) is 3.54. The Labute approximate surface area is 151 Å². The number of benzene rings is 1. The molecule has 0 radical (unpaired) electrons. The van der Waals surface area contributed by atoms with Crippen LogP contribution < -0.4 is 9.46 Å². The Balaban J connectivity index is 1.92. The van der Waals surface area contributed by atoms with Crippen molar-refractivity contribution in [1.29, 1.82) is 0 Å². The second kappa shape index (κ2) is 6.89. The topological polar surface area (TPSA) is 73.2 Å². The molecule has 0 saturated carbocycles. The minimum atomic E-state index is -3.69. The fourth-order valence-electron chi connectivity index (χ4n) is 2.47. The zero-order chi connectivity index (χ0) is 18.0. The molecule has 0 aliphatic rings. The van der Waals surface area contributed by atoms with Gasteiger partial charge < -0.3 is 4.74 Å². The van der Waals surface area contributed by atoms with E-state index < -0.39 is 10.0 Å². The molecule has 0 bridgehead atoms. The Morgan fingerprint density at radius 3 is 2.72 bits per heavy atom. The molecule has 132 valence electrons. The van der Waals surface area contributed by atoms with Crippen molar-refractivity contribution in [2.24, 2.45) is 0 Å². The highest BCUT2D eigenvalue weighted by molar-refractivity contribution is 7.94. The number of nitrogens with zero attached hydrogens (tertiary/aromatic N) is 2. The Hall–Kier alpha value is -2.32. The van der Waals surface area contributed by atoms with Gasteiger partial charge in [0.1, 0.15) is 9.96 Å². The molecule has 25 heavy (non-hydrogen) atoms. The molecule has 3 rings (SSSR count). The lowest BCUT2D eigenvalue weighted by Crippen LogP contribution is -2.12. The Morgan fingerprint density at radius 2 is 2.00 bits per heavy atom. The molecule has 0 unspecified atom stereocenters. The maximum atomic E-state index is 12.7. The molecular weight excluding hydrogens is 358 g/mol. The average Bonchev–Trinajstić information content (AvgIpc) is 3.24. The summed E-state index contributed by atoms with van der Waals surface area (Å²) < 4.78 is 35.3. The molecule has 0 aliphatic heterocycles. The Bertz CT molecular complexity index is 974. The van der Waals surface area contributed by atoms with Gasteiger partial charge in [-0.25, -0.2) is 8.42 Å². The number of sulfonamides is 1. The van der Waals surface area contributed by atoms with E-state index in [0.717, 1.165) is 11.3 Å². The zero-order valence-electron chi connectivity index (χ0n) is 14.1. The number of methoxy groups -OCH3 is 1. The summed E-state index contributed by atoms with van der Waals surface area (Å²) in [7, 11) is -2.19. The summed E-state index contributed by atoms with van der Waals surface area (Å²) in [6, 6.07) is 10.6. The van der Waals surface area contributed by atoms with Crippen LogP contribution in [0.15, 0.2) is 52.2 Å². The van der Waals surface area contributed by atoms with Gasteiger partial charge >= 0.3 is 0 Å². The third-order valence-electron chi connectivity index (χ3n) is 3.65. The maximum absolute atomic E-state index is 12.7. The van der Waals surface area contributed by atoms with Crippen LogP contribution in [0.4, 0.5) is 5.69 Å². The minimum Gasteiger partial charge on any atom is -0.495 e. The van der Waals surface area contributed by atoms with Gasteiger partial charge in [-0.1, -0.05) is 12.1 Å². The van der Waals surface area contributed by atoms with Crippen LogP contribution >= 0.6 is 11.3 Å². The lowest BCUT2D eigenvalue weighted by atomic mass is 10.2. The van der Waals surface area contributed by atoms with Crippen LogP contribution in [0.2, 0.25) is 0 Å². The highest BCUT2D eigenvalue weighted by atomic mass is 32.2. The highest BCUT2D eigenvalue weighted by Gasteiger charge is 2.20. The molecule has 0 aliphatic carbocycles. The normalized spacial score (nSPS) is 11.7. The molecule has 3 aromatic rings. The van der Waals surface area contributed by atoms with E-state index >= 15 is 0 Å². The van der Waals surface area contributed by atoms with E-state index in [-0.39, 0.29) is 10.3 Å². The summed E-state index contributed by atoms with van der Waals surface area (Å²) in [5.74, 6) is 0.473. The average molecular weight is 377 g/mol. The van der Waals surface area contributed by atoms with E-state index in [4.69, 9.17) is 4.74 Å². The third-order valence-corrected chi connectivity index (χ3v) is 6.45. The summed E-state index contributed by atoms with van der Waals surface area (Å²) in [4.78, 5) is 0. The number of anilines is 1. The Morgan fingerprint density at radius 1 is 1.24 bits per heavy atom. The lowest BCUT2D eigenvalue weighted by Gasteiger charge is -2.10. The molecule has 0 atom stereocenters. The molecule has 0 saturated heterocycles. The predicted molar refractivity (Wildman–Crippen MR) is 99.7 cm³/mol. The molecule has 0 amide bonds. The van der Waals surface area contributed by atoms with Crippen molar-refractivity contribution >= 4 is 27.0 Å². The predicted octanol–water partition coefficient (Wildman–Crippen LogP) is 4.00. The standard InChI is InChI=1S/C17H19N3O3S2/c1-12(2)20-15(8-9-18-20)13-10-17(24-11-13)25(21,22)19-14-6-4-5-7-16(14)23-3/h4-12,19H,1-3H3. The molecule has 8 heteroatoms. The highest BCUT2D eigenvalue weighted by Crippen LogP contribution is 2.32. The van der Waals surface area contributed by atoms with Crippen molar-refractivity contribution in [3.8, 4) is 17.0 Å². The van der Waals surface area contributed by atoms with Crippen molar-refractivity contribution in [1.82, 2.24) is 9.78 Å². The second-order valence-corrected chi connectivity index (χ2v) is 8.54.